The first-order valence-corrected chi connectivity index (χ1v) is 11.9. The Morgan fingerprint density at radius 1 is 0.811 bits per heavy atom. The Morgan fingerprint density at radius 2 is 1.38 bits per heavy atom. The maximum absolute atomic E-state index is 12.4. The first kappa shape index (κ1) is 25.6. The summed E-state index contributed by atoms with van der Waals surface area (Å²) in [5.74, 6) is -1.06. The van der Waals surface area contributed by atoms with Gasteiger partial charge in [0.05, 0.1) is 0 Å². The summed E-state index contributed by atoms with van der Waals surface area (Å²) in [4.78, 5) is 33.2. The summed E-state index contributed by atoms with van der Waals surface area (Å²) in [6, 6.07) is 20.2. The first-order chi connectivity index (χ1) is 17.6. The lowest BCUT2D eigenvalue weighted by molar-refractivity contribution is -0.139. The molecule has 37 heavy (non-hydrogen) atoms. The van der Waals surface area contributed by atoms with Crippen molar-refractivity contribution in [1.82, 2.24) is 15.3 Å². The van der Waals surface area contributed by atoms with Crippen molar-refractivity contribution in [3.63, 3.8) is 0 Å². The number of nitrogens with zero attached hydrogens (tertiary/aromatic N) is 2. The summed E-state index contributed by atoms with van der Waals surface area (Å²) in [5.41, 5.74) is 5.15. The van der Waals surface area contributed by atoms with Crippen LogP contribution in [0.25, 0.3) is 22.5 Å². The van der Waals surface area contributed by atoms with Crippen LogP contribution in [0.5, 0.6) is 5.75 Å². The number of carbonyl (C=O) groups is 2. The molecule has 7 nitrogen and oxygen atoms in total. The molecule has 4 rings (SSSR count). The average Bonchev–Trinajstić information content (AvgIpc) is 2.89. The van der Waals surface area contributed by atoms with E-state index >= 15 is 0 Å². The van der Waals surface area contributed by atoms with Gasteiger partial charge in [-0.15, -0.1) is 0 Å². The summed E-state index contributed by atoms with van der Waals surface area (Å²) in [5, 5.41) is 21.5. The van der Waals surface area contributed by atoms with Crippen molar-refractivity contribution >= 4 is 11.9 Å². The fourth-order valence-electron chi connectivity index (χ4n) is 3.87. The second-order valence-electron chi connectivity index (χ2n) is 9.93. The molecule has 0 bridgehead atoms. The van der Waals surface area contributed by atoms with E-state index in [1.807, 2.05) is 12.1 Å². The van der Waals surface area contributed by atoms with Crippen molar-refractivity contribution < 1.29 is 19.8 Å². The van der Waals surface area contributed by atoms with Crippen LogP contribution >= 0.6 is 0 Å². The van der Waals surface area contributed by atoms with Gasteiger partial charge in [-0.2, -0.15) is 0 Å². The lowest BCUT2D eigenvalue weighted by Gasteiger charge is -2.19. The molecule has 1 aromatic heterocycles. The highest BCUT2D eigenvalue weighted by molar-refractivity contribution is 5.96. The standard InChI is InChI=1S/C30H29N3O4/c1-30(2,3)24-12-8-20(9-13-24)23-17-31-27(32-18-23)21-6-4-19(5-7-21)16-26(29(36)37)33-28(35)22-10-14-25(34)15-11-22/h4-15,17-18,26,34H,16H2,1-3H3,(H,33,35)(H,36,37). The second-order valence-corrected chi connectivity index (χ2v) is 9.93. The molecule has 0 saturated carbocycles. The third kappa shape index (κ3) is 6.38. The van der Waals surface area contributed by atoms with Gasteiger partial charge in [0.25, 0.3) is 5.91 Å². The van der Waals surface area contributed by atoms with Crippen molar-refractivity contribution in [1.29, 1.82) is 0 Å². The molecule has 7 heteroatoms. The molecule has 1 atom stereocenters. The maximum Gasteiger partial charge on any atom is 0.326 e. The molecule has 1 amide bonds. The number of carboxylic acids is 1. The highest BCUT2D eigenvalue weighted by Gasteiger charge is 2.21. The van der Waals surface area contributed by atoms with Crippen LogP contribution in [-0.2, 0) is 16.6 Å². The zero-order valence-corrected chi connectivity index (χ0v) is 21.0. The lowest BCUT2D eigenvalue weighted by atomic mass is 9.86. The monoisotopic (exact) mass is 495 g/mol. The van der Waals surface area contributed by atoms with Gasteiger partial charge in [0.15, 0.2) is 5.82 Å². The summed E-state index contributed by atoms with van der Waals surface area (Å²) in [6.07, 6.45) is 3.70. The van der Waals surface area contributed by atoms with Crippen molar-refractivity contribution in [2.24, 2.45) is 0 Å². The lowest BCUT2D eigenvalue weighted by Crippen LogP contribution is -2.42. The number of benzene rings is 3. The number of nitrogens with one attached hydrogen (secondary N) is 1. The number of hydrogen-bond donors (Lipinski definition) is 3. The number of hydrogen-bond acceptors (Lipinski definition) is 5. The number of phenolic OH excluding ortho intramolecular Hbond substituents is 1. The predicted molar refractivity (Wildman–Crippen MR) is 142 cm³/mol. The van der Waals surface area contributed by atoms with E-state index in [1.165, 1.54) is 29.8 Å². The Hall–Kier alpha value is -4.52. The minimum Gasteiger partial charge on any atom is -0.508 e. The minimum absolute atomic E-state index is 0.0276. The number of aliphatic carboxylic acids is 1. The largest absolute Gasteiger partial charge is 0.508 e. The topological polar surface area (TPSA) is 112 Å². The molecule has 0 saturated heterocycles. The summed E-state index contributed by atoms with van der Waals surface area (Å²) < 4.78 is 0. The molecule has 0 spiro atoms. The van der Waals surface area contributed by atoms with E-state index < -0.39 is 17.9 Å². The summed E-state index contributed by atoms with van der Waals surface area (Å²) in [6.45, 7) is 6.54. The van der Waals surface area contributed by atoms with Crippen molar-refractivity contribution in [2.75, 3.05) is 0 Å². The van der Waals surface area contributed by atoms with Crippen LogP contribution in [0.3, 0.4) is 0 Å². The second kappa shape index (κ2) is 10.6. The van der Waals surface area contributed by atoms with E-state index in [0.29, 0.717) is 5.82 Å². The molecule has 188 valence electrons. The zero-order valence-electron chi connectivity index (χ0n) is 21.0. The van der Waals surface area contributed by atoms with Crippen LogP contribution < -0.4 is 5.32 Å². The van der Waals surface area contributed by atoms with E-state index in [9.17, 15) is 19.8 Å². The number of amides is 1. The summed E-state index contributed by atoms with van der Waals surface area (Å²) >= 11 is 0. The van der Waals surface area contributed by atoms with Gasteiger partial charge in [-0.25, -0.2) is 14.8 Å². The van der Waals surface area contributed by atoms with E-state index in [0.717, 1.165) is 22.3 Å². The van der Waals surface area contributed by atoms with Gasteiger partial charge < -0.3 is 15.5 Å². The quantitative estimate of drug-likeness (QED) is 0.323. The first-order valence-electron chi connectivity index (χ1n) is 11.9. The van der Waals surface area contributed by atoms with Gasteiger partial charge in [-0.1, -0.05) is 69.3 Å². The number of rotatable bonds is 7. The van der Waals surface area contributed by atoms with Crippen molar-refractivity contribution in [3.05, 3.63) is 102 Å². The van der Waals surface area contributed by atoms with Crippen LogP contribution in [0.4, 0.5) is 0 Å². The number of carboxylic acid groups (broad SMARTS) is 1. The molecule has 0 radical (unpaired) electrons. The smallest absolute Gasteiger partial charge is 0.326 e. The van der Waals surface area contributed by atoms with E-state index in [1.54, 1.807) is 24.5 Å². The Morgan fingerprint density at radius 3 is 1.92 bits per heavy atom. The van der Waals surface area contributed by atoms with Crippen molar-refractivity contribution in [2.45, 2.75) is 38.6 Å². The van der Waals surface area contributed by atoms with E-state index in [2.05, 4.69) is 60.3 Å². The number of carbonyl (C=O) groups excluding carboxylic acids is 1. The molecule has 3 N–H and O–H groups in total. The Kier molecular flexibility index (Phi) is 7.34. The molecule has 1 unspecified atom stereocenters. The Labute approximate surface area is 215 Å². The number of aromatic nitrogens is 2. The van der Waals surface area contributed by atoms with Gasteiger partial charge in [-0.3, -0.25) is 4.79 Å². The maximum atomic E-state index is 12.4. The highest BCUT2D eigenvalue weighted by Crippen LogP contribution is 2.26. The third-order valence-electron chi connectivity index (χ3n) is 6.12. The SMILES string of the molecule is CC(C)(C)c1ccc(-c2cnc(-c3ccc(CC(NC(=O)c4ccc(O)cc4)C(=O)O)cc3)nc2)cc1. The molecule has 0 aliphatic carbocycles. The number of phenols is 1. The van der Waals surface area contributed by atoms with Crippen molar-refractivity contribution in [3.8, 4) is 28.3 Å². The summed E-state index contributed by atoms with van der Waals surface area (Å²) in [7, 11) is 0. The molecule has 0 fully saturated rings. The fourth-order valence-corrected chi connectivity index (χ4v) is 3.87. The molecular formula is C30H29N3O4. The molecule has 1 heterocycles. The van der Waals surface area contributed by atoms with Gasteiger partial charge in [0.1, 0.15) is 11.8 Å². The minimum atomic E-state index is -1.13. The average molecular weight is 496 g/mol. The zero-order chi connectivity index (χ0) is 26.6. The third-order valence-corrected chi connectivity index (χ3v) is 6.12. The van der Waals surface area contributed by atoms with Gasteiger partial charge in [-0.05, 0) is 46.4 Å². The van der Waals surface area contributed by atoms with Gasteiger partial charge in [0, 0.05) is 35.5 Å². The molecule has 3 aromatic carbocycles. The van der Waals surface area contributed by atoms with Crippen LogP contribution in [-0.4, -0.2) is 38.1 Å². The van der Waals surface area contributed by atoms with Crippen LogP contribution in [0, 0.1) is 0 Å². The number of aromatic hydroxyl groups is 1. The van der Waals surface area contributed by atoms with Gasteiger partial charge in [0.2, 0.25) is 0 Å². The molecule has 0 aliphatic rings. The predicted octanol–water partition coefficient (Wildman–Crippen LogP) is 5.24. The molecular weight excluding hydrogens is 466 g/mol. The van der Waals surface area contributed by atoms with Gasteiger partial charge >= 0.3 is 5.97 Å². The fraction of sp³-hybridized carbons (Fsp3) is 0.200. The van der Waals surface area contributed by atoms with Crippen LogP contribution in [0.1, 0.15) is 42.3 Å². The van der Waals surface area contributed by atoms with E-state index in [-0.39, 0.29) is 23.1 Å². The van der Waals surface area contributed by atoms with E-state index in [4.69, 9.17) is 0 Å². The molecule has 4 aromatic rings. The molecule has 0 aliphatic heterocycles. The highest BCUT2D eigenvalue weighted by atomic mass is 16.4. The van der Waals surface area contributed by atoms with Crippen LogP contribution in [0.2, 0.25) is 0 Å². The van der Waals surface area contributed by atoms with Crippen LogP contribution in [0.15, 0.2) is 85.2 Å². The Balaban J connectivity index is 1.42. The normalized spacial score (nSPS) is 12.1. The Bertz CT molecular complexity index is 1370.